The number of hydrogen-bond acceptors (Lipinski definition) is 3. The van der Waals surface area contributed by atoms with E-state index in [2.05, 4.69) is 26.6 Å². The molecule has 1 atom stereocenters. The van der Waals surface area contributed by atoms with Gasteiger partial charge in [0.2, 0.25) is 5.91 Å². The van der Waals surface area contributed by atoms with Gasteiger partial charge in [0.25, 0.3) is 5.91 Å². The number of rotatable bonds is 7. The summed E-state index contributed by atoms with van der Waals surface area (Å²) in [6.45, 7) is 3.74. The number of anilines is 1. The lowest BCUT2D eigenvalue weighted by atomic mass is 10.2. The van der Waals surface area contributed by atoms with Crippen LogP contribution < -0.4 is 15.4 Å². The van der Waals surface area contributed by atoms with Crippen LogP contribution in [0.5, 0.6) is 5.75 Å². The quantitative estimate of drug-likeness (QED) is 0.707. The second kappa shape index (κ2) is 9.33. The van der Waals surface area contributed by atoms with Crippen molar-refractivity contribution in [3.8, 4) is 5.75 Å². The van der Waals surface area contributed by atoms with Gasteiger partial charge in [-0.05, 0) is 58.7 Å². The van der Waals surface area contributed by atoms with Crippen LogP contribution in [0.4, 0.5) is 10.1 Å². The molecular weight excluding hydrogens is 403 g/mol. The molecule has 0 saturated carbocycles. The highest BCUT2D eigenvalue weighted by Gasteiger charge is 2.16. The van der Waals surface area contributed by atoms with Crippen molar-refractivity contribution in [3.05, 3.63) is 58.3 Å². The number of nitrogens with one attached hydrogen (secondary N) is 2. The first-order chi connectivity index (χ1) is 12.4. The number of amides is 2. The van der Waals surface area contributed by atoms with Crippen molar-refractivity contribution in [3.63, 3.8) is 0 Å². The molecule has 0 aliphatic rings. The molecule has 2 N–H and O–H groups in total. The molecule has 26 heavy (non-hydrogen) atoms. The first kappa shape index (κ1) is 19.9. The van der Waals surface area contributed by atoms with Crippen LogP contribution in [-0.2, 0) is 16.1 Å². The third kappa shape index (κ3) is 5.84. The smallest absolute Gasteiger partial charge is 0.261 e. The molecule has 0 aromatic heterocycles. The molecule has 2 amide bonds. The van der Waals surface area contributed by atoms with Gasteiger partial charge in [0.15, 0.2) is 6.10 Å². The number of ether oxygens (including phenoxy) is 1. The van der Waals surface area contributed by atoms with E-state index in [0.717, 1.165) is 5.56 Å². The molecule has 0 bridgehead atoms. The fourth-order valence-electron chi connectivity index (χ4n) is 2.10. The van der Waals surface area contributed by atoms with Crippen molar-refractivity contribution >= 4 is 33.4 Å². The zero-order valence-electron chi connectivity index (χ0n) is 14.5. The molecule has 0 unspecified atom stereocenters. The third-order valence-electron chi connectivity index (χ3n) is 3.59. The number of carbonyl (C=O) groups excluding carboxylic acids is 2. The maximum absolute atomic E-state index is 13.1. The number of carbonyl (C=O) groups is 2. The third-order valence-corrected chi connectivity index (χ3v) is 4.21. The van der Waals surface area contributed by atoms with E-state index in [9.17, 15) is 14.0 Å². The van der Waals surface area contributed by atoms with Crippen LogP contribution in [0.1, 0.15) is 25.8 Å². The Morgan fingerprint density at radius 1 is 1.19 bits per heavy atom. The Morgan fingerprint density at radius 2 is 1.88 bits per heavy atom. The van der Waals surface area contributed by atoms with E-state index in [4.69, 9.17) is 4.74 Å². The maximum atomic E-state index is 13.1. The zero-order chi connectivity index (χ0) is 19.1. The van der Waals surface area contributed by atoms with Crippen LogP contribution in [0, 0.1) is 5.82 Å². The summed E-state index contributed by atoms with van der Waals surface area (Å²) in [4.78, 5) is 23.5. The van der Waals surface area contributed by atoms with Crippen molar-refractivity contribution in [2.45, 2.75) is 32.9 Å². The van der Waals surface area contributed by atoms with E-state index in [0.29, 0.717) is 28.9 Å². The first-order valence-electron chi connectivity index (χ1n) is 8.17. The summed E-state index contributed by atoms with van der Waals surface area (Å²) in [5, 5.41) is 5.54. The summed E-state index contributed by atoms with van der Waals surface area (Å²) in [6.07, 6.45) is -0.320. The molecule has 2 rings (SSSR count). The molecule has 0 heterocycles. The van der Waals surface area contributed by atoms with Gasteiger partial charge in [0.1, 0.15) is 11.6 Å². The highest BCUT2D eigenvalue weighted by atomic mass is 79.9. The minimum atomic E-state index is -0.736. The van der Waals surface area contributed by atoms with Crippen LogP contribution in [-0.4, -0.2) is 17.9 Å². The maximum Gasteiger partial charge on any atom is 0.261 e. The average Bonchev–Trinajstić information content (AvgIpc) is 2.63. The van der Waals surface area contributed by atoms with Gasteiger partial charge in [0, 0.05) is 18.7 Å². The SMILES string of the molecule is CCC(=O)Nc1ccc(CNC(=O)[C@@H](C)Oc2ccc(F)cc2Br)cc1. The first-order valence-corrected chi connectivity index (χ1v) is 8.96. The molecule has 7 heteroatoms. The van der Waals surface area contributed by atoms with Gasteiger partial charge < -0.3 is 15.4 Å². The van der Waals surface area contributed by atoms with E-state index < -0.39 is 6.10 Å². The standard InChI is InChI=1S/C19H20BrFN2O3/c1-3-18(24)23-15-7-4-13(5-8-15)11-22-19(25)12(2)26-17-9-6-14(21)10-16(17)20/h4-10,12H,3,11H2,1-2H3,(H,22,25)(H,23,24)/t12-/m1/s1. The molecule has 2 aromatic rings. The van der Waals surface area contributed by atoms with Gasteiger partial charge in [0.05, 0.1) is 4.47 Å². The van der Waals surface area contributed by atoms with Crippen LogP contribution in [0.2, 0.25) is 0 Å². The van der Waals surface area contributed by atoms with Crippen molar-refractivity contribution in [2.75, 3.05) is 5.32 Å². The number of halogens is 2. The fourth-order valence-corrected chi connectivity index (χ4v) is 2.55. The lowest BCUT2D eigenvalue weighted by molar-refractivity contribution is -0.127. The Balaban J connectivity index is 1.86. The van der Waals surface area contributed by atoms with Crippen molar-refractivity contribution < 1.29 is 18.7 Å². The summed E-state index contributed by atoms with van der Waals surface area (Å²) in [6, 6.07) is 11.2. The Labute approximate surface area is 160 Å². The van der Waals surface area contributed by atoms with Gasteiger partial charge in [-0.2, -0.15) is 0 Å². The highest BCUT2D eigenvalue weighted by Crippen LogP contribution is 2.26. The molecule has 0 fully saturated rings. The van der Waals surface area contributed by atoms with E-state index in [1.165, 1.54) is 18.2 Å². The molecule has 5 nitrogen and oxygen atoms in total. The van der Waals surface area contributed by atoms with Crippen LogP contribution >= 0.6 is 15.9 Å². The molecule has 0 radical (unpaired) electrons. The minimum absolute atomic E-state index is 0.0519. The van der Waals surface area contributed by atoms with Crippen LogP contribution in [0.25, 0.3) is 0 Å². The monoisotopic (exact) mass is 422 g/mol. The summed E-state index contributed by atoms with van der Waals surface area (Å²) in [5.74, 6) is -0.335. The predicted octanol–water partition coefficient (Wildman–Crippen LogP) is 4.02. The Kier molecular flexibility index (Phi) is 7.15. The molecule has 0 aliphatic heterocycles. The van der Waals surface area contributed by atoms with Gasteiger partial charge >= 0.3 is 0 Å². The van der Waals surface area contributed by atoms with Crippen LogP contribution in [0.15, 0.2) is 46.9 Å². The van der Waals surface area contributed by atoms with Gasteiger partial charge in [-0.3, -0.25) is 9.59 Å². The average molecular weight is 423 g/mol. The normalized spacial score (nSPS) is 11.5. The lowest BCUT2D eigenvalue weighted by Crippen LogP contribution is -2.35. The zero-order valence-corrected chi connectivity index (χ0v) is 16.1. The fraction of sp³-hybridized carbons (Fsp3) is 0.263. The predicted molar refractivity (Wildman–Crippen MR) is 101 cm³/mol. The molecular formula is C19H20BrFN2O3. The van der Waals surface area contributed by atoms with E-state index >= 15 is 0 Å². The van der Waals surface area contributed by atoms with Crippen molar-refractivity contribution in [1.82, 2.24) is 5.32 Å². The van der Waals surface area contributed by atoms with Gasteiger partial charge in [-0.15, -0.1) is 0 Å². The summed E-state index contributed by atoms with van der Waals surface area (Å²) >= 11 is 3.20. The topological polar surface area (TPSA) is 67.4 Å². The summed E-state index contributed by atoms with van der Waals surface area (Å²) in [5.41, 5.74) is 1.60. The lowest BCUT2D eigenvalue weighted by Gasteiger charge is -2.16. The van der Waals surface area contributed by atoms with E-state index in [1.807, 2.05) is 12.1 Å². The molecule has 0 spiro atoms. The summed E-state index contributed by atoms with van der Waals surface area (Å²) < 4.78 is 19.1. The van der Waals surface area contributed by atoms with Crippen molar-refractivity contribution in [1.29, 1.82) is 0 Å². The Morgan fingerprint density at radius 3 is 2.50 bits per heavy atom. The molecule has 2 aromatic carbocycles. The highest BCUT2D eigenvalue weighted by molar-refractivity contribution is 9.10. The van der Waals surface area contributed by atoms with Gasteiger partial charge in [-0.25, -0.2) is 4.39 Å². The number of hydrogen-bond donors (Lipinski definition) is 2. The second-order valence-corrected chi connectivity index (χ2v) is 6.51. The summed E-state index contributed by atoms with van der Waals surface area (Å²) in [7, 11) is 0. The van der Waals surface area contributed by atoms with E-state index in [-0.39, 0.29) is 17.6 Å². The largest absolute Gasteiger partial charge is 0.480 e. The van der Waals surface area contributed by atoms with E-state index in [1.54, 1.807) is 26.0 Å². The second-order valence-electron chi connectivity index (χ2n) is 5.65. The van der Waals surface area contributed by atoms with Crippen molar-refractivity contribution in [2.24, 2.45) is 0 Å². The number of benzene rings is 2. The Hall–Kier alpha value is -2.41. The molecule has 0 saturated heterocycles. The molecule has 0 aliphatic carbocycles. The van der Waals surface area contributed by atoms with Gasteiger partial charge in [-0.1, -0.05) is 19.1 Å². The molecule has 138 valence electrons. The van der Waals surface area contributed by atoms with Crippen LogP contribution in [0.3, 0.4) is 0 Å². The minimum Gasteiger partial charge on any atom is -0.480 e. The Bertz CT molecular complexity index is 781.